The third-order valence-electron chi connectivity index (χ3n) is 2.72. The van der Waals surface area contributed by atoms with Gasteiger partial charge in [0.15, 0.2) is 5.76 Å². The largest absolute Gasteiger partial charge is 0.503 e. The molecule has 0 saturated carbocycles. The van der Waals surface area contributed by atoms with E-state index in [-0.39, 0.29) is 24.8 Å². The molecule has 0 aliphatic carbocycles. The summed E-state index contributed by atoms with van der Waals surface area (Å²) in [6.07, 6.45) is 0.773. The quantitative estimate of drug-likeness (QED) is 0.728. The van der Waals surface area contributed by atoms with Crippen LogP contribution >= 0.6 is 0 Å². The number of hydrogen-bond acceptors (Lipinski definition) is 4. The number of ether oxygens (including phenoxy) is 1. The van der Waals surface area contributed by atoms with Crippen LogP contribution in [-0.2, 0) is 14.3 Å². The molecule has 0 unspecified atom stereocenters. The molecule has 0 radical (unpaired) electrons. The fraction of sp³-hybridized carbons (Fsp3) is 0.636. The van der Waals surface area contributed by atoms with Crippen LogP contribution in [0.2, 0.25) is 0 Å². The van der Waals surface area contributed by atoms with Crippen LogP contribution in [0.15, 0.2) is 11.3 Å². The number of carbonyl (C=O) groups excluding carboxylic acids is 2. The third kappa shape index (κ3) is 2.18. The maximum atomic E-state index is 11.6. The summed E-state index contributed by atoms with van der Waals surface area (Å²) in [6.45, 7) is 5.86. The molecule has 0 aromatic rings. The van der Waals surface area contributed by atoms with Crippen LogP contribution in [0.25, 0.3) is 0 Å². The highest BCUT2D eigenvalue weighted by atomic mass is 16.5. The number of aliphatic hydroxyl groups excluding tert-OH is 1. The highest BCUT2D eigenvalue weighted by Gasteiger charge is 2.36. The van der Waals surface area contributed by atoms with Gasteiger partial charge in [-0.3, -0.25) is 4.79 Å². The molecular formula is C11H17NO4. The first-order chi connectivity index (χ1) is 7.52. The lowest BCUT2D eigenvalue weighted by Crippen LogP contribution is -2.35. The summed E-state index contributed by atoms with van der Waals surface area (Å²) in [5.74, 6) is -1.57. The lowest BCUT2D eigenvalue weighted by molar-refractivity contribution is -0.138. The van der Waals surface area contributed by atoms with Gasteiger partial charge in [-0.25, -0.2) is 4.79 Å². The van der Waals surface area contributed by atoms with E-state index in [9.17, 15) is 14.7 Å². The molecule has 1 rings (SSSR count). The summed E-state index contributed by atoms with van der Waals surface area (Å²) < 4.78 is 4.77. The molecule has 1 aliphatic heterocycles. The lowest BCUT2D eigenvalue weighted by atomic mass is 10.2. The van der Waals surface area contributed by atoms with Gasteiger partial charge in [-0.2, -0.15) is 0 Å². The Hall–Kier alpha value is -1.52. The number of hydrogen-bond donors (Lipinski definition) is 1. The Morgan fingerprint density at radius 3 is 2.69 bits per heavy atom. The molecule has 0 aromatic heterocycles. The zero-order valence-corrected chi connectivity index (χ0v) is 9.82. The van der Waals surface area contributed by atoms with E-state index in [0.29, 0.717) is 0 Å². The van der Waals surface area contributed by atoms with E-state index in [1.807, 2.05) is 13.8 Å². The van der Waals surface area contributed by atoms with Gasteiger partial charge < -0.3 is 14.7 Å². The van der Waals surface area contributed by atoms with Crippen molar-refractivity contribution >= 4 is 11.9 Å². The number of carbonyl (C=O) groups is 2. The predicted octanol–water partition coefficient (Wildman–Crippen LogP) is 1.00. The Balaban J connectivity index is 2.82. The van der Waals surface area contributed by atoms with Crippen molar-refractivity contribution in [2.75, 3.05) is 13.2 Å². The fourth-order valence-electron chi connectivity index (χ4n) is 1.54. The van der Waals surface area contributed by atoms with E-state index in [1.54, 1.807) is 6.92 Å². The van der Waals surface area contributed by atoms with Crippen LogP contribution in [-0.4, -0.2) is 41.1 Å². The number of aliphatic hydroxyl groups is 1. The summed E-state index contributed by atoms with van der Waals surface area (Å²) in [5.41, 5.74) is 0.0622. The molecule has 1 atom stereocenters. The molecule has 0 saturated heterocycles. The Labute approximate surface area is 94.7 Å². The second-order valence-electron chi connectivity index (χ2n) is 3.74. The molecule has 90 valence electrons. The van der Waals surface area contributed by atoms with E-state index in [2.05, 4.69) is 0 Å². The molecule has 1 amide bonds. The van der Waals surface area contributed by atoms with E-state index in [0.717, 1.165) is 6.42 Å². The summed E-state index contributed by atoms with van der Waals surface area (Å²) in [4.78, 5) is 24.5. The Morgan fingerprint density at radius 2 is 2.19 bits per heavy atom. The van der Waals surface area contributed by atoms with E-state index >= 15 is 0 Å². The van der Waals surface area contributed by atoms with Crippen LogP contribution < -0.4 is 0 Å². The summed E-state index contributed by atoms with van der Waals surface area (Å²) in [7, 11) is 0. The average molecular weight is 227 g/mol. The van der Waals surface area contributed by atoms with Gasteiger partial charge in [0.25, 0.3) is 5.91 Å². The molecule has 1 heterocycles. The van der Waals surface area contributed by atoms with Gasteiger partial charge in [-0.05, 0) is 20.3 Å². The van der Waals surface area contributed by atoms with Gasteiger partial charge in [-0.15, -0.1) is 0 Å². The van der Waals surface area contributed by atoms with Crippen LogP contribution in [0.3, 0.4) is 0 Å². The Morgan fingerprint density at radius 1 is 1.56 bits per heavy atom. The van der Waals surface area contributed by atoms with Crippen molar-refractivity contribution in [3.8, 4) is 0 Å². The van der Waals surface area contributed by atoms with Crippen molar-refractivity contribution in [3.05, 3.63) is 11.3 Å². The van der Waals surface area contributed by atoms with Gasteiger partial charge >= 0.3 is 5.97 Å². The van der Waals surface area contributed by atoms with Gasteiger partial charge in [0.1, 0.15) is 5.57 Å². The summed E-state index contributed by atoms with van der Waals surface area (Å²) >= 11 is 0. The SMILES string of the molecule is CCOC(=O)C1=C(O)C(=O)N([C@@H](C)CC)C1. The number of esters is 1. The van der Waals surface area contributed by atoms with E-state index < -0.39 is 17.6 Å². The molecule has 1 aliphatic rings. The van der Waals surface area contributed by atoms with Crippen molar-refractivity contribution in [2.24, 2.45) is 0 Å². The van der Waals surface area contributed by atoms with Gasteiger partial charge in [0, 0.05) is 6.04 Å². The minimum Gasteiger partial charge on any atom is -0.503 e. The van der Waals surface area contributed by atoms with Crippen LogP contribution in [0.4, 0.5) is 0 Å². The monoisotopic (exact) mass is 227 g/mol. The van der Waals surface area contributed by atoms with Gasteiger partial charge in [0.05, 0.1) is 13.2 Å². The predicted molar refractivity (Wildman–Crippen MR) is 57.8 cm³/mol. The minimum absolute atomic E-state index is 0.00146. The second-order valence-corrected chi connectivity index (χ2v) is 3.74. The summed E-state index contributed by atoms with van der Waals surface area (Å²) in [6, 6.07) is 0.00146. The maximum Gasteiger partial charge on any atom is 0.339 e. The average Bonchev–Trinajstić information content (AvgIpc) is 2.56. The minimum atomic E-state index is -0.612. The first kappa shape index (κ1) is 12.5. The second kappa shape index (κ2) is 5.01. The Kier molecular flexibility index (Phi) is 3.93. The van der Waals surface area contributed by atoms with Crippen LogP contribution in [0, 0.1) is 0 Å². The molecule has 0 spiro atoms. The molecule has 16 heavy (non-hydrogen) atoms. The van der Waals surface area contributed by atoms with Crippen molar-refractivity contribution < 1.29 is 19.4 Å². The normalized spacial score (nSPS) is 17.9. The van der Waals surface area contributed by atoms with Crippen molar-refractivity contribution in [3.63, 3.8) is 0 Å². The zero-order valence-electron chi connectivity index (χ0n) is 9.82. The van der Waals surface area contributed by atoms with Crippen molar-refractivity contribution in [1.82, 2.24) is 4.90 Å². The van der Waals surface area contributed by atoms with E-state index in [1.165, 1.54) is 4.90 Å². The topological polar surface area (TPSA) is 66.8 Å². The molecule has 0 fully saturated rings. The first-order valence-electron chi connectivity index (χ1n) is 5.43. The molecule has 5 heteroatoms. The Bertz CT molecular complexity index is 335. The molecule has 0 aromatic carbocycles. The van der Waals surface area contributed by atoms with Gasteiger partial charge in [0.2, 0.25) is 0 Å². The van der Waals surface area contributed by atoms with Crippen molar-refractivity contribution in [1.29, 1.82) is 0 Å². The number of amides is 1. The number of nitrogens with zero attached hydrogens (tertiary/aromatic N) is 1. The highest BCUT2D eigenvalue weighted by molar-refractivity contribution is 6.05. The maximum absolute atomic E-state index is 11.6. The standard InChI is InChI=1S/C11H17NO4/c1-4-7(3)12-6-8(9(13)10(12)14)11(15)16-5-2/h7,13H,4-6H2,1-3H3/t7-/m0/s1. The first-order valence-corrected chi connectivity index (χ1v) is 5.43. The molecule has 0 bridgehead atoms. The third-order valence-corrected chi connectivity index (χ3v) is 2.72. The van der Waals surface area contributed by atoms with Crippen LogP contribution in [0.5, 0.6) is 0 Å². The van der Waals surface area contributed by atoms with Gasteiger partial charge in [-0.1, -0.05) is 6.92 Å². The molecule has 5 nitrogen and oxygen atoms in total. The summed E-state index contributed by atoms with van der Waals surface area (Å²) in [5, 5.41) is 9.56. The highest BCUT2D eigenvalue weighted by Crippen LogP contribution is 2.21. The molecular weight excluding hydrogens is 210 g/mol. The van der Waals surface area contributed by atoms with Crippen molar-refractivity contribution in [2.45, 2.75) is 33.2 Å². The van der Waals surface area contributed by atoms with E-state index in [4.69, 9.17) is 4.74 Å². The zero-order chi connectivity index (χ0) is 12.3. The lowest BCUT2D eigenvalue weighted by Gasteiger charge is -2.22. The molecule has 1 N–H and O–H groups in total. The number of rotatable bonds is 4. The smallest absolute Gasteiger partial charge is 0.339 e. The van der Waals surface area contributed by atoms with Crippen LogP contribution in [0.1, 0.15) is 27.2 Å². The fourth-order valence-corrected chi connectivity index (χ4v) is 1.54.